The van der Waals surface area contributed by atoms with Crippen molar-refractivity contribution in [3.8, 4) is 11.1 Å². The zero-order valence-corrected chi connectivity index (χ0v) is 19.0. The van der Waals surface area contributed by atoms with Crippen LogP contribution in [0.3, 0.4) is 0 Å². The van der Waals surface area contributed by atoms with Crippen LogP contribution in [0.4, 0.5) is 11.5 Å². The number of hydrogen-bond donors (Lipinski definition) is 1. The van der Waals surface area contributed by atoms with Crippen LogP contribution in [0.15, 0.2) is 30.6 Å². The summed E-state index contributed by atoms with van der Waals surface area (Å²) in [5, 5.41) is 13.2. The van der Waals surface area contributed by atoms with E-state index in [2.05, 4.69) is 51.3 Å². The maximum absolute atomic E-state index is 5.70. The van der Waals surface area contributed by atoms with E-state index in [0.717, 1.165) is 64.3 Å². The highest BCUT2D eigenvalue weighted by molar-refractivity contribution is 5.74. The average Bonchev–Trinajstić information content (AvgIpc) is 3.58. The molecule has 0 amide bonds. The van der Waals surface area contributed by atoms with Gasteiger partial charge in [0, 0.05) is 68.4 Å². The third-order valence-electron chi connectivity index (χ3n) is 7.44. The van der Waals surface area contributed by atoms with E-state index in [0.29, 0.717) is 12.0 Å². The number of hydrogen-bond acceptors (Lipinski definition) is 5. The molecule has 3 aromatic rings. The molecule has 0 bridgehead atoms. The maximum Gasteiger partial charge on any atom is 0.159 e. The Labute approximate surface area is 189 Å². The fourth-order valence-electron chi connectivity index (χ4n) is 5.67. The summed E-state index contributed by atoms with van der Waals surface area (Å²) in [7, 11) is 1.97. The van der Waals surface area contributed by atoms with Crippen LogP contribution in [0.2, 0.25) is 0 Å². The van der Waals surface area contributed by atoms with E-state index in [1.807, 2.05) is 17.9 Å². The largest absolute Gasteiger partial charge is 0.379 e. The smallest absolute Gasteiger partial charge is 0.159 e. The van der Waals surface area contributed by atoms with Crippen molar-refractivity contribution in [3.05, 3.63) is 47.4 Å². The van der Waals surface area contributed by atoms with Crippen LogP contribution >= 0.6 is 0 Å². The average molecular weight is 433 g/mol. The Hall–Kier alpha value is -2.64. The number of anilines is 2. The van der Waals surface area contributed by atoms with Gasteiger partial charge in [-0.3, -0.25) is 9.36 Å². The van der Waals surface area contributed by atoms with Crippen LogP contribution in [-0.4, -0.2) is 45.9 Å². The number of ether oxygens (including phenoxy) is 1. The molecule has 168 valence electrons. The number of aromatic nitrogens is 4. The quantitative estimate of drug-likeness (QED) is 0.677. The maximum atomic E-state index is 5.70. The molecule has 1 fully saturated rings. The summed E-state index contributed by atoms with van der Waals surface area (Å²) in [6.07, 6.45) is 8.46. The number of aryl methyl sites for hydroxylation is 1. The Morgan fingerprint density at radius 2 is 2.16 bits per heavy atom. The van der Waals surface area contributed by atoms with Crippen molar-refractivity contribution >= 4 is 11.5 Å². The Balaban J connectivity index is 1.44. The molecule has 0 aliphatic carbocycles. The molecule has 3 aliphatic heterocycles. The minimum absolute atomic E-state index is 0.371. The van der Waals surface area contributed by atoms with Crippen molar-refractivity contribution in [3.63, 3.8) is 0 Å². The van der Waals surface area contributed by atoms with Gasteiger partial charge in [0.1, 0.15) is 0 Å². The Kier molecular flexibility index (Phi) is 5.03. The standard InChI is InChI=1S/C25H32N6O/c1-3-17-7-10-30(23-5-4-18(12-21(17)23)19-13-27-29(2)15-19)25-22-14-26-9-6-24(22)31(28-25)20-8-11-32-16-20/h4-5,12-13,15,17,20,26H,3,6-11,14,16H2,1-2H3. The van der Waals surface area contributed by atoms with Crippen molar-refractivity contribution in [2.24, 2.45) is 7.05 Å². The van der Waals surface area contributed by atoms with E-state index in [9.17, 15) is 0 Å². The molecule has 1 N–H and O–H groups in total. The monoisotopic (exact) mass is 432 g/mol. The first-order valence-corrected chi connectivity index (χ1v) is 12.0. The fraction of sp³-hybridized carbons (Fsp3) is 0.520. The van der Waals surface area contributed by atoms with Gasteiger partial charge in [-0.1, -0.05) is 13.0 Å². The summed E-state index contributed by atoms with van der Waals surface area (Å²) in [5.74, 6) is 1.72. The first-order chi connectivity index (χ1) is 15.7. The normalized spacial score (nSPS) is 22.8. The summed E-state index contributed by atoms with van der Waals surface area (Å²) in [6, 6.07) is 7.31. The molecule has 2 atom stereocenters. The van der Waals surface area contributed by atoms with Crippen LogP contribution in [0, 0.1) is 0 Å². The summed E-state index contributed by atoms with van der Waals surface area (Å²) < 4.78 is 9.87. The number of fused-ring (bicyclic) bond motifs is 2. The predicted molar refractivity (Wildman–Crippen MR) is 125 cm³/mol. The number of benzene rings is 1. The van der Waals surface area contributed by atoms with E-state index >= 15 is 0 Å². The molecule has 0 spiro atoms. The van der Waals surface area contributed by atoms with Crippen molar-refractivity contribution < 1.29 is 4.74 Å². The van der Waals surface area contributed by atoms with Crippen molar-refractivity contribution in [1.29, 1.82) is 0 Å². The Bertz CT molecular complexity index is 1130. The van der Waals surface area contributed by atoms with Gasteiger partial charge >= 0.3 is 0 Å². The number of nitrogens with zero attached hydrogens (tertiary/aromatic N) is 5. The van der Waals surface area contributed by atoms with Crippen molar-refractivity contribution in [2.75, 3.05) is 31.2 Å². The number of nitrogens with one attached hydrogen (secondary N) is 1. The highest BCUT2D eigenvalue weighted by Gasteiger charge is 2.33. The van der Waals surface area contributed by atoms with Crippen LogP contribution in [0.1, 0.15) is 55.0 Å². The fourth-order valence-corrected chi connectivity index (χ4v) is 5.67. The number of rotatable bonds is 4. The Morgan fingerprint density at radius 1 is 1.22 bits per heavy atom. The van der Waals surface area contributed by atoms with Gasteiger partial charge in [0.25, 0.3) is 0 Å². The van der Waals surface area contributed by atoms with Gasteiger partial charge in [0.15, 0.2) is 5.82 Å². The molecule has 7 heteroatoms. The minimum atomic E-state index is 0.371. The molecule has 0 radical (unpaired) electrons. The molecular formula is C25H32N6O. The molecular weight excluding hydrogens is 400 g/mol. The minimum Gasteiger partial charge on any atom is -0.379 e. The highest BCUT2D eigenvalue weighted by Crippen LogP contribution is 2.44. The van der Waals surface area contributed by atoms with Crippen molar-refractivity contribution in [1.82, 2.24) is 24.9 Å². The lowest BCUT2D eigenvalue weighted by atomic mass is 9.86. The van der Waals surface area contributed by atoms with Gasteiger partial charge in [-0.15, -0.1) is 0 Å². The topological polar surface area (TPSA) is 60.1 Å². The molecule has 2 aromatic heterocycles. The lowest BCUT2D eigenvalue weighted by molar-refractivity contribution is 0.184. The zero-order valence-electron chi connectivity index (χ0n) is 19.0. The van der Waals surface area contributed by atoms with Gasteiger partial charge in [0.05, 0.1) is 18.8 Å². The summed E-state index contributed by atoms with van der Waals surface area (Å²) in [6.45, 7) is 6.87. The molecule has 32 heavy (non-hydrogen) atoms. The second kappa shape index (κ2) is 8.05. The van der Waals surface area contributed by atoms with Crippen LogP contribution in [0.5, 0.6) is 0 Å². The van der Waals surface area contributed by atoms with E-state index < -0.39 is 0 Å². The van der Waals surface area contributed by atoms with Crippen LogP contribution in [0.25, 0.3) is 11.1 Å². The summed E-state index contributed by atoms with van der Waals surface area (Å²) >= 11 is 0. The second-order valence-corrected chi connectivity index (χ2v) is 9.36. The van der Waals surface area contributed by atoms with E-state index in [4.69, 9.17) is 9.84 Å². The first kappa shape index (κ1) is 20.0. The highest BCUT2D eigenvalue weighted by atomic mass is 16.5. The molecule has 1 saturated heterocycles. The van der Waals surface area contributed by atoms with Crippen LogP contribution in [-0.2, 0) is 24.8 Å². The third-order valence-corrected chi connectivity index (χ3v) is 7.44. The second-order valence-electron chi connectivity index (χ2n) is 9.36. The molecule has 0 saturated carbocycles. The lowest BCUT2D eigenvalue weighted by Gasteiger charge is -2.35. The zero-order chi connectivity index (χ0) is 21.7. The van der Waals surface area contributed by atoms with Gasteiger partial charge in [-0.25, -0.2) is 0 Å². The summed E-state index contributed by atoms with van der Waals surface area (Å²) in [5.41, 5.74) is 7.96. The van der Waals surface area contributed by atoms with Crippen LogP contribution < -0.4 is 10.2 Å². The Morgan fingerprint density at radius 3 is 2.94 bits per heavy atom. The molecule has 7 nitrogen and oxygen atoms in total. The molecule has 2 unspecified atom stereocenters. The predicted octanol–water partition coefficient (Wildman–Crippen LogP) is 3.93. The van der Waals surface area contributed by atoms with E-state index in [-0.39, 0.29) is 0 Å². The lowest BCUT2D eigenvalue weighted by Crippen LogP contribution is -2.30. The van der Waals surface area contributed by atoms with Gasteiger partial charge in [-0.2, -0.15) is 10.2 Å². The first-order valence-electron chi connectivity index (χ1n) is 12.0. The van der Waals surface area contributed by atoms with E-state index in [1.165, 1.54) is 33.6 Å². The third kappa shape index (κ3) is 3.26. The van der Waals surface area contributed by atoms with Gasteiger partial charge in [0.2, 0.25) is 0 Å². The van der Waals surface area contributed by atoms with Crippen molar-refractivity contribution in [2.45, 2.75) is 51.1 Å². The van der Waals surface area contributed by atoms with E-state index in [1.54, 1.807) is 0 Å². The molecule has 6 rings (SSSR count). The molecule has 3 aliphatic rings. The molecule has 5 heterocycles. The molecule has 1 aromatic carbocycles. The summed E-state index contributed by atoms with van der Waals surface area (Å²) in [4.78, 5) is 2.48. The van der Waals surface area contributed by atoms with Gasteiger partial charge < -0.3 is 15.0 Å². The van der Waals surface area contributed by atoms with Gasteiger partial charge in [-0.05, 0) is 48.4 Å². The SMILES string of the molecule is CCC1CCN(c2nn(C3CCOC3)c3c2CNCC3)c2ccc(-c3cnn(C)c3)cc21.